The Balaban J connectivity index is 1.44. The average molecular weight is 644 g/mol. The van der Waals surface area contributed by atoms with E-state index in [1.54, 1.807) is 12.1 Å². The highest BCUT2D eigenvalue weighted by atomic mass is 28.3. The molecule has 3 aliphatic rings. The Bertz CT molecular complexity index is 1560. The van der Waals surface area contributed by atoms with Gasteiger partial charge in [-0.3, -0.25) is 4.79 Å². The van der Waals surface area contributed by atoms with E-state index in [0.717, 1.165) is 40.2 Å². The van der Waals surface area contributed by atoms with Crippen LogP contribution >= 0.6 is 0 Å². The molecule has 1 saturated heterocycles. The molecule has 3 aromatic rings. The molecular formula is C36H45N3O6Si. The van der Waals surface area contributed by atoms with Gasteiger partial charge in [-0.25, -0.2) is 4.79 Å². The Kier molecular flexibility index (Phi) is 9.25. The molecule has 0 radical (unpaired) electrons. The lowest BCUT2D eigenvalue weighted by Gasteiger charge is -2.48. The van der Waals surface area contributed by atoms with Crippen molar-refractivity contribution in [2.24, 2.45) is 0 Å². The lowest BCUT2D eigenvalue weighted by atomic mass is 9.78. The van der Waals surface area contributed by atoms with Crippen molar-refractivity contribution in [2.75, 3.05) is 77.6 Å². The van der Waals surface area contributed by atoms with E-state index in [4.69, 9.17) is 19.3 Å². The summed E-state index contributed by atoms with van der Waals surface area (Å²) >= 11 is 0. The van der Waals surface area contributed by atoms with Gasteiger partial charge in [0.1, 0.15) is 8.07 Å². The number of hydrogen-bond donors (Lipinski definition) is 2. The Hall–Kier alpha value is -3.70. The second kappa shape index (κ2) is 13.2. The molecule has 0 unspecified atom stereocenters. The second-order valence-electron chi connectivity index (χ2n) is 12.9. The first kappa shape index (κ1) is 32.2. The van der Waals surface area contributed by atoms with E-state index in [2.05, 4.69) is 79.7 Å². The van der Waals surface area contributed by atoms with Crippen LogP contribution in [0.4, 0.5) is 11.4 Å². The Morgan fingerprint density at radius 3 is 2.02 bits per heavy atom. The first-order chi connectivity index (χ1) is 22.2. The van der Waals surface area contributed by atoms with Crippen LogP contribution in [0, 0.1) is 0 Å². The minimum absolute atomic E-state index is 0.0248. The zero-order valence-corrected chi connectivity index (χ0v) is 28.4. The molecule has 0 aliphatic carbocycles. The summed E-state index contributed by atoms with van der Waals surface area (Å²) in [5.74, 6) is -0.608. The molecule has 0 bridgehead atoms. The molecule has 1 fully saturated rings. The minimum Gasteiger partial charge on any atom is -0.441 e. The van der Waals surface area contributed by atoms with E-state index < -0.39 is 13.7 Å². The number of anilines is 2. The number of rotatable bonds is 11. The summed E-state index contributed by atoms with van der Waals surface area (Å²) < 4.78 is 17.4. The van der Waals surface area contributed by atoms with Gasteiger partial charge in [0.2, 0.25) is 0 Å². The minimum atomic E-state index is -2.23. The molecular weight excluding hydrogens is 598 g/mol. The van der Waals surface area contributed by atoms with Crippen molar-refractivity contribution >= 4 is 41.7 Å². The molecule has 2 spiro atoms. The molecule has 6 rings (SSSR count). The number of ether oxygens (including phenoxy) is 3. The van der Waals surface area contributed by atoms with Gasteiger partial charge in [0.25, 0.3) is 5.91 Å². The molecule has 3 aliphatic heterocycles. The SMILES string of the molecule is CN(C)c1ccc2c(c1)[Si]1(CCCCC1)c1cc(N(C)C)ccc1C21OC(=O)c2ccc(C(=O)NCCOCCOCCO)cc21. The number of esters is 1. The first-order valence-electron chi connectivity index (χ1n) is 16.3. The summed E-state index contributed by atoms with van der Waals surface area (Å²) in [4.78, 5) is 31.4. The molecule has 46 heavy (non-hydrogen) atoms. The van der Waals surface area contributed by atoms with E-state index in [-0.39, 0.29) is 25.1 Å². The number of carbonyl (C=O) groups excluding carboxylic acids is 2. The Morgan fingerprint density at radius 2 is 1.43 bits per heavy atom. The fourth-order valence-corrected chi connectivity index (χ4v) is 13.3. The quantitative estimate of drug-likeness (QED) is 0.187. The summed E-state index contributed by atoms with van der Waals surface area (Å²) in [6.45, 7) is 1.68. The van der Waals surface area contributed by atoms with E-state index in [0.29, 0.717) is 37.5 Å². The van der Waals surface area contributed by atoms with Crippen LogP contribution < -0.4 is 25.5 Å². The summed E-state index contributed by atoms with van der Waals surface area (Å²) in [7, 11) is 6.04. The Labute approximate surface area is 272 Å². The topological polar surface area (TPSA) is 101 Å². The summed E-state index contributed by atoms with van der Waals surface area (Å²) in [5, 5.41) is 14.4. The molecule has 2 N–H and O–H groups in total. The summed E-state index contributed by atoms with van der Waals surface area (Å²) in [5.41, 5.74) is 4.90. The summed E-state index contributed by atoms with van der Waals surface area (Å²) in [6.07, 6.45) is 3.62. The molecule has 0 atom stereocenters. The lowest BCUT2D eigenvalue weighted by molar-refractivity contribution is 0.0255. The highest BCUT2D eigenvalue weighted by molar-refractivity contribution is 7.03. The monoisotopic (exact) mass is 643 g/mol. The number of nitrogens with zero attached hydrogens (tertiary/aromatic N) is 2. The van der Waals surface area contributed by atoms with Crippen molar-refractivity contribution in [3.8, 4) is 0 Å². The molecule has 9 nitrogen and oxygen atoms in total. The smallest absolute Gasteiger partial charge is 0.340 e. The number of benzene rings is 3. The first-order valence-corrected chi connectivity index (χ1v) is 18.7. The van der Waals surface area contributed by atoms with Gasteiger partial charge in [-0.15, -0.1) is 0 Å². The van der Waals surface area contributed by atoms with Gasteiger partial charge in [-0.05, 0) is 64.9 Å². The van der Waals surface area contributed by atoms with Crippen LogP contribution in [-0.4, -0.2) is 92.8 Å². The van der Waals surface area contributed by atoms with Crippen molar-refractivity contribution in [1.29, 1.82) is 0 Å². The largest absolute Gasteiger partial charge is 0.441 e. The van der Waals surface area contributed by atoms with Crippen LogP contribution in [0.1, 0.15) is 56.7 Å². The molecule has 0 aromatic heterocycles. The third-order valence-electron chi connectivity index (χ3n) is 9.80. The van der Waals surface area contributed by atoms with E-state index in [1.807, 2.05) is 6.07 Å². The number of amides is 1. The van der Waals surface area contributed by atoms with Gasteiger partial charge < -0.3 is 34.4 Å². The van der Waals surface area contributed by atoms with Gasteiger partial charge in [-0.2, -0.15) is 0 Å². The Morgan fingerprint density at radius 1 is 0.826 bits per heavy atom. The fourth-order valence-electron chi connectivity index (χ4n) is 7.54. The van der Waals surface area contributed by atoms with Gasteiger partial charge in [0.05, 0.1) is 38.6 Å². The number of nitrogens with one attached hydrogen (secondary N) is 1. The molecule has 10 heteroatoms. The zero-order chi connectivity index (χ0) is 32.5. The number of carbonyl (C=O) groups is 2. The molecule has 1 amide bonds. The van der Waals surface area contributed by atoms with E-state index >= 15 is 0 Å². The number of hydrogen-bond acceptors (Lipinski definition) is 8. The van der Waals surface area contributed by atoms with Crippen LogP contribution in [0.5, 0.6) is 0 Å². The average Bonchev–Trinajstić information content (AvgIpc) is 3.36. The molecule has 0 saturated carbocycles. The third kappa shape index (κ3) is 5.51. The van der Waals surface area contributed by atoms with Crippen LogP contribution in [0.25, 0.3) is 0 Å². The van der Waals surface area contributed by atoms with Gasteiger partial charge in [0, 0.05) is 68.4 Å². The van der Waals surface area contributed by atoms with Crippen LogP contribution in [0.3, 0.4) is 0 Å². The van der Waals surface area contributed by atoms with Gasteiger partial charge in [0.15, 0.2) is 5.60 Å². The lowest BCUT2D eigenvalue weighted by Crippen LogP contribution is -2.67. The van der Waals surface area contributed by atoms with Crippen LogP contribution in [0.15, 0.2) is 54.6 Å². The normalized spacial score (nSPS) is 16.8. The summed E-state index contributed by atoms with van der Waals surface area (Å²) in [6, 6.07) is 20.9. The van der Waals surface area contributed by atoms with Crippen LogP contribution in [-0.2, 0) is 19.8 Å². The second-order valence-corrected chi connectivity index (χ2v) is 17.2. The van der Waals surface area contributed by atoms with Gasteiger partial charge >= 0.3 is 5.97 Å². The maximum Gasteiger partial charge on any atom is 0.340 e. The number of aliphatic hydroxyl groups excluding tert-OH is 1. The number of fused-ring (bicyclic) bond motifs is 8. The van der Waals surface area contributed by atoms with Crippen molar-refractivity contribution in [3.05, 3.63) is 82.4 Å². The molecule has 244 valence electrons. The maximum absolute atomic E-state index is 13.7. The predicted octanol–water partition coefficient (Wildman–Crippen LogP) is 3.10. The number of aliphatic hydroxyl groups is 1. The third-order valence-corrected chi connectivity index (χ3v) is 15.1. The molecule has 3 heterocycles. The van der Waals surface area contributed by atoms with E-state index in [1.165, 1.54) is 29.6 Å². The standard InChI is InChI=1S/C36H45N3O6Si/c1-38(2)26-9-12-29-32(23-26)46(20-6-5-7-21-46)33-24-27(39(3)4)10-13-30(33)36(29)31-22-25(8-11-28(31)35(42)45-36)34(41)37-14-16-43-18-19-44-17-15-40/h8-13,22-24,40H,5-7,14-21H2,1-4H3,(H,37,41). The maximum atomic E-state index is 13.7. The van der Waals surface area contributed by atoms with E-state index in [9.17, 15) is 9.59 Å². The van der Waals surface area contributed by atoms with Crippen molar-refractivity contribution in [1.82, 2.24) is 5.32 Å². The van der Waals surface area contributed by atoms with Crippen molar-refractivity contribution in [2.45, 2.75) is 37.0 Å². The predicted molar refractivity (Wildman–Crippen MR) is 183 cm³/mol. The van der Waals surface area contributed by atoms with Crippen molar-refractivity contribution in [3.63, 3.8) is 0 Å². The van der Waals surface area contributed by atoms with Gasteiger partial charge in [-0.1, -0.05) is 31.4 Å². The van der Waals surface area contributed by atoms with Crippen molar-refractivity contribution < 1.29 is 28.9 Å². The molecule has 3 aromatic carbocycles. The zero-order valence-electron chi connectivity index (χ0n) is 27.4. The fraction of sp³-hybridized carbons (Fsp3) is 0.444. The van der Waals surface area contributed by atoms with Crippen LogP contribution in [0.2, 0.25) is 12.1 Å². The highest BCUT2D eigenvalue weighted by Crippen LogP contribution is 2.51. The highest BCUT2D eigenvalue weighted by Gasteiger charge is 2.58.